The third kappa shape index (κ3) is 2.87. The minimum absolute atomic E-state index is 0.150. The summed E-state index contributed by atoms with van der Waals surface area (Å²) in [4.78, 5) is 15.9. The molecule has 0 radical (unpaired) electrons. The normalized spacial score (nSPS) is 10.3. The van der Waals surface area contributed by atoms with Gasteiger partial charge < -0.3 is 9.73 Å². The third-order valence-corrected chi connectivity index (χ3v) is 3.10. The monoisotopic (exact) mass is 314 g/mol. The maximum Gasteiger partial charge on any atom is 0.292 e. The molecule has 6 heteroatoms. The lowest BCUT2D eigenvalue weighted by Crippen LogP contribution is -2.12. The second kappa shape index (κ2) is 4.89. The quantitative estimate of drug-likeness (QED) is 0.920. The first kappa shape index (κ1) is 12.1. The number of carbonyl (C=O) groups is 1. The number of aromatic nitrogens is 1. The molecule has 2 aromatic rings. The zero-order valence-corrected chi connectivity index (χ0v) is 11.2. The molecule has 2 rings (SSSR count). The first-order valence-corrected chi connectivity index (χ1v) is 5.93. The number of hydrogen-bond acceptors (Lipinski definition) is 3. The van der Waals surface area contributed by atoms with Gasteiger partial charge in [-0.25, -0.2) is 4.98 Å². The number of halogens is 2. The van der Waals surface area contributed by atoms with E-state index >= 15 is 0 Å². The number of anilines is 1. The van der Waals surface area contributed by atoms with Crippen molar-refractivity contribution < 1.29 is 9.21 Å². The number of nitrogens with zero attached hydrogens (tertiary/aromatic N) is 1. The van der Waals surface area contributed by atoms with Gasteiger partial charge in [0.15, 0.2) is 11.0 Å². The number of nitrogens with one attached hydrogen (secondary N) is 1. The van der Waals surface area contributed by atoms with Crippen molar-refractivity contribution in [3.05, 3.63) is 45.4 Å². The summed E-state index contributed by atoms with van der Waals surface area (Å²) in [5, 5.41) is 2.79. The highest BCUT2D eigenvalue weighted by Crippen LogP contribution is 2.18. The largest absolute Gasteiger partial charge is 0.440 e. The number of furan rings is 1. The number of hydrogen-bond donors (Lipinski definition) is 1. The van der Waals surface area contributed by atoms with Crippen molar-refractivity contribution in [3.8, 4) is 0 Å². The van der Waals surface area contributed by atoms with Gasteiger partial charge in [-0.15, -0.1) is 0 Å². The summed E-state index contributed by atoms with van der Waals surface area (Å²) >= 11 is 8.92. The van der Waals surface area contributed by atoms with Crippen LogP contribution < -0.4 is 5.32 Å². The number of carbonyl (C=O) groups excluding carboxylic acids is 1. The van der Waals surface area contributed by atoms with E-state index in [2.05, 4.69) is 26.2 Å². The van der Waals surface area contributed by atoms with Crippen molar-refractivity contribution in [1.29, 1.82) is 0 Å². The van der Waals surface area contributed by atoms with Gasteiger partial charge in [-0.05, 0) is 58.7 Å². The molecule has 0 atom stereocenters. The zero-order valence-electron chi connectivity index (χ0n) is 8.83. The summed E-state index contributed by atoms with van der Waals surface area (Å²) < 4.78 is 5.87. The van der Waals surface area contributed by atoms with Crippen LogP contribution in [0.5, 0.6) is 0 Å². The van der Waals surface area contributed by atoms with E-state index in [9.17, 15) is 4.79 Å². The summed E-state index contributed by atoms with van der Waals surface area (Å²) in [5.74, 6) is 0.228. The standard InChI is InChI=1S/C11H8BrClN2O2/c1-6-7(12)2-5-10(14-6)15-11(16)8-3-4-9(13)17-8/h2-5H,1H3,(H,14,15,16). The average Bonchev–Trinajstić information content (AvgIpc) is 2.70. The first-order valence-electron chi connectivity index (χ1n) is 4.76. The average molecular weight is 316 g/mol. The Balaban J connectivity index is 2.15. The molecule has 0 bridgehead atoms. The van der Waals surface area contributed by atoms with Gasteiger partial charge in [-0.1, -0.05) is 0 Å². The van der Waals surface area contributed by atoms with Crippen molar-refractivity contribution in [1.82, 2.24) is 4.98 Å². The van der Waals surface area contributed by atoms with Gasteiger partial charge in [0, 0.05) is 4.47 Å². The smallest absolute Gasteiger partial charge is 0.292 e. The second-order valence-corrected chi connectivity index (χ2v) is 4.55. The molecule has 2 heterocycles. The van der Waals surface area contributed by atoms with Crippen molar-refractivity contribution in [2.24, 2.45) is 0 Å². The van der Waals surface area contributed by atoms with E-state index in [4.69, 9.17) is 16.0 Å². The van der Waals surface area contributed by atoms with Crippen LogP contribution in [0.3, 0.4) is 0 Å². The molecular weight excluding hydrogens is 307 g/mol. The molecule has 0 unspecified atom stereocenters. The fraction of sp³-hybridized carbons (Fsp3) is 0.0909. The Bertz CT molecular complexity index is 568. The molecule has 0 aromatic carbocycles. The Morgan fingerprint density at radius 3 is 2.76 bits per heavy atom. The molecule has 88 valence electrons. The highest BCUT2D eigenvalue weighted by molar-refractivity contribution is 9.10. The molecule has 0 aliphatic rings. The topological polar surface area (TPSA) is 55.1 Å². The zero-order chi connectivity index (χ0) is 12.4. The van der Waals surface area contributed by atoms with E-state index < -0.39 is 0 Å². The fourth-order valence-corrected chi connectivity index (χ4v) is 1.59. The summed E-state index contributed by atoms with van der Waals surface area (Å²) in [6.45, 7) is 1.84. The Kier molecular flexibility index (Phi) is 3.49. The van der Waals surface area contributed by atoms with Crippen molar-refractivity contribution in [3.63, 3.8) is 0 Å². The molecule has 0 spiro atoms. The number of pyridine rings is 1. The SMILES string of the molecule is Cc1nc(NC(=O)c2ccc(Cl)o2)ccc1Br. The maximum absolute atomic E-state index is 11.7. The predicted molar refractivity (Wildman–Crippen MR) is 68.3 cm³/mol. The van der Waals surface area contributed by atoms with Gasteiger partial charge in [0.1, 0.15) is 5.82 Å². The third-order valence-electron chi connectivity index (χ3n) is 2.06. The van der Waals surface area contributed by atoms with Gasteiger partial charge in [0.2, 0.25) is 0 Å². The Hall–Kier alpha value is -1.33. The van der Waals surface area contributed by atoms with E-state index in [0.717, 1.165) is 10.2 Å². The van der Waals surface area contributed by atoms with E-state index in [0.29, 0.717) is 5.82 Å². The van der Waals surface area contributed by atoms with Crippen molar-refractivity contribution in [2.45, 2.75) is 6.92 Å². The first-order chi connectivity index (χ1) is 8.06. The fourth-order valence-electron chi connectivity index (χ4n) is 1.23. The molecule has 4 nitrogen and oxygen atoms in total. The minimum atomic E-state index is -0.383. The molecule has 0 saturated heterocycles. The van der Waals surface area contributed by atoms with Crippen molar-refractivity contribution in [2.75, 3.05) is 5.32 Å². The minimum Gasteiger partial charge on any atom is -0.440 e. The summed E-state index contributed by atoms with van der Waals surface area (Å²) in [6.07, 6.45) is 0. The van der Waals surface area contributed by atoms with Crippen LogP contribution in [0.15, 0.2) is 33.2 Å². The van der Waals surface area contributed by atoms with E-state index in [1.165, 1.54) is 12.1 Å². The van der Waals surface area contributed by atoms with Crippen LogP contribution >= 0.6 is 27.5 Å². The van der Waals surface area contributed by atoms with Crippen LogP contribution in [0.25, 0.3) is 0 Å². The van der Waals surface area contributed by atoms with E-state index in [-0.39, 0.29) is 16.9 Å². The second-order valence-electron chi connectivity index (χ2n) is 3.32. The van der Waals surface area contributed by atoms with Crippen LogP contribution in [-0.4, -0.2) is 10.9 Å². The van der Waals surface area contributed by atoms with E-state index in [1.54, 1.807) is 6.07 Å². The molecule has 1 amide bonds. The van der Waals surface area contributed by atoms with Gasteiger partial charge in [0.25, 0.3) is 5.91 Å². The molecule has 0 fully saturated rings. The number of amides is 1. The van der Waals surface area contributed by atoms with Crippen molar-refractivity contribution >= 4 is 39.3 Å². The molecule has 2 aromatic heterocycles. The molecule has 0 aliphatic heterocycles. The van der Waals surface area contributed by atoms with Crippen LogP contribution in [0.2, 0.25) is 5.22 Å². The Labute approximate surface area is 111 Å². The lowest BCUT2D eigenvalue weighted by molar-refractivity contribution is 0.0996. The number of rotatable bonds is 2. The van der Waals surface area contributed by atoms with Crippen LogP contribution in [0.1, 0.15) is 16.2 Å². The van der Waals surface area contributed by atoms with Crippen LogP contribution in [-0.2, 0) is 0 Å². The molecule has 0 aliphatic carbocycles. The molecule has 17 heavy (non-hydrogen) atoms. The highest BCUT2D eigenvalue weighted by atomic mass is 79.9. The number of aryl methyl sites for hydroxylation is 1. The van der Waals surface area contributed by atoms with Crippen LogP contribution in [0, 0.1) is 6.92 Å². The highest BCUT2D eigenvalue weighted by Gasteiger charge is 2.11. The molecule has 1 N–H and O–H groups in total. The summed E-state index contributed by atoms with van der Waals surface area (Å²) in [7, 11) is 0. The van der Waals surface area contributed by atoms with Gasteiger partial charge in [-0.3, -0.25) is 4.79 Å². The molecule has 0 saturated carbocycles. The Morgan fingerprint density at radius 2 is 2.18 bits per heavy atom. The maximum atomic E-state index is 11.7. The Morgan fingerprint density at radius 1 is 1.41 bits per heavy atom. The summed E-state index contributed by atoms with van der Waals surface area (Å²) in [6, 6.07) is 6.52. The lowest BCUT2D eigenvalue weighted by atomic mass is 10.3. The predicted octanol–water partition coefficient (Wildman–Crippen LogP) is 3.65. The van der Waals surface area contributed by atoms with E-state index in [1.807, 2.05) is 13.0 Å². The summed E-state index contributed by atoms with van der Waals surface area (Å²) in [5.41, 5.74) is 0.792. The lowest BCUT2D eigenvalue weighted by Gasteiger charge is -2.04. The molecular formula is C11H8BrClN2O2. The van der Waals surface area contributed by atoms with Gasteiger partial charge in [0.05, 0.1) is 5.69 Å². The van der Waals surface area contributed by atoms with Crippen LogP contribution in [0.4, 0.5) is 5.82 Å². The van der Waals surface area contributed by atoms with Gasteiger partial charge >= 0.3 is 0 Å². The van der Waals surface area contributed by atoms with Gasteiger partial charge in [-0.2, -0.15) is 0 Å².